The van der Waals surface area contributed by atoms with Crippen molar-refractivity contribution in [1.29, 1.82) is 0 Å². The Balaban J connectivity index is 0.966. The fourth-order valence-corrected chi connectivity index (χ4v) is 8.93. The van der Waals surface area contributed by atoms with Gasteiger partial charge in [-0.1, -0.05) is 206 Å². The van der Waals surface area contributed by atoms with Gasteiger partial charge in [0.25, 0.3) is 0 Å². The molecule has 0 saturated carbocycles. The van der Waals surface area contributed by atoms with Gasteiger partial charge in [-0.15, -0.1) is 0 Å². The normalized spacial score (nSPS) is 11.5. The van der Waals surface area contributed by atoms with E-state index in [1.807, 2.05) is 12.1 Å². The molecular weight excluding hydrogens is 767 g/mol. The van der Waals surface area contributed by atoms with E-state index in [-0.39, 0.29) is 0 Å². The largest absolute Gasteiger partial charge is 0.455 e. The number of nitrogens with zero attached hydrogens (tertiary/aromatic N) is 3. The van der Waals surface area contributed by atoms with Gasteiger partial charge in [-0.05, 0) is 78.9 Å². The molecule has 10 aromatic carbocycles. The Morgan fingerprint density at radius 3 is 1.32 bits per heavy atom. The van der Waals surface area contributed by atoms with E-state index in [0.29, 0.717) is 17.5 Å². The van der Waals surface area contributed by atoms with Crippen LogP contribution in [0.2, 0.25) is 0 Å². The van der Waals surface area contributed by atoms with Crippen molar-refractivity contribution in [3.8, 4) is 78.7 Å². The van der Waals surface area contributed by atoms with Crippen molar-refractivity contribution < 1.29 is 4.42 Å². The van der Waals surface area contributed by atoms with Crippen LogP contribution in [-0.4, -0.2) is 15.0 Å². The van der Waals surface area contributed by atoms with Crippen molar-refractivity contribution in [1.82, 2.24) is 15.0 Å². The number of furan rings is 1. The molecule has 0 N–H and O–H groups in total. The van der Waals surface area contributed by atoms with Crippen LogP contribution in [0, 0.1) is 0 Å². The maximum Gasteiger partial charge on any atom is 0.164 e. The average Bonchev–Trinajstić information content (AvgIpc) is 3.76. The lowest BCUT2D eigenvalue weighted by molar-refractivity contribution is 0.673. The number of hydrogen-bond donors (Lipinski definition) is 0. The van der Waals surface area contributed by atoms with Crippen LogP contribution in [0.25, 0.3) is 122 Å². The highest BCUT2D eigenvalue weighted by Gasteiger charge is 2.19. The topological polar surface area (TPSA) is 51.8 Å². The summed E-state index contributed by atoms with van der Waals surface area (Å²) in [6.45, 7) is 0. The lowest BCUT2D eigenvalue weighted by Gasteiger charge is -2.11. The van der Waals surface area contributed by atoms with E-state index in [1.54, 1.807) is 0 Å². The zero-order valence-corrected chi connectivity index (χ0v) is 34.1. The van der Waals surface area contributed by atoms with Crippen LogP contribution in [0.5, 0.6) is 0 Å². The van der Waals surface area contributed by atoms with Gasteiger partial charge in [-0.3, -0.25) is 0 Å². The highest BCUT2D eigenvalue weighted by Crippen LogP contribution is 2.43. The van der Waals surface area contributed by atoms with E-state index in [0.717, 1.165) is 93.9 Å². The Labute approximate surface area is 364 Å². The maximum absolute atomic E-state index is 6.71. The van der Waals surface area contributed by atoms with Gasteiger partial charge in [0.15, 0.2) is 17.5 Å². The predicted molar refractivity (Wildman–Crippen MR) is 260 cm³/mol. The number of aromatic nitrogens is 3. The molecule has 4 nitrogen and oxygen atoms in total. The minimum atomic E-state index is 0.613. The van der Waals surface area contributed by atoms with E-state index in [2.05, 4.69) is 212 Å². The monoisotopic (exact) mass is 803 g/mol. The molecule has 0 aliphatic carbocycles. The lowest BCUT2D eigenvalue weighted by Crippen LogP contribution is -2.00. The molecule has 4 heteroatoms. The SMILES string of the molecule is c1ccc(-c2ccc(-c3nc(-c4ccc(-c5ccccc5)cc4)nc(-c4ccc(-c5cc6c(oc7cccc(-c8ccc9ccccc9c8)c76)c6ccccc56)cc4)n3)cc2)cc1. The quantitative estimate of drug-likeness (QED) is 0.161. The summed E-state index contributed by atoms with van der Waals surface area (Å²) in [6, 6.07) is 78.8. The smallest absolute Gasteiger partial charge is 0.164 e. The molecule has 0 saturated heterocycles. The molecule has 0 aliphatic heterocycles. The first-order chi connectivity index (χ1) is 31.2. The molecule has 2 aromatic heterocycles. The van der Waals surface area contributed by atoms with Crippen molar-refractivity contribution in [2.45, 2.75) is 0 Å². The molecule has 0 bridgehead atoms. The first-order valence-corrected chi connectivity index (χ1v) is 21.2. The van der Waals surface area contributed by atoms with Crippen molar-refractivity contribution in [3.63, 3.8) is 0 Å². The minimum Gasteiger partial charge on any atom is -0.455 e. The van der Waals surface area contributed by atoms with Gasteiger partial charge in [-0.25, -0.2) is 15.0 Å². The van der Waals surface area contributed by atoms with E-state index >= 15 is 0 Å². The molecule has 0 atom stereocenters. The molecule has 0 radical (unpaired) electrons. The van der Waals surface area contributed by atoms with Gasteiger partial charge >= 0.3 is 0 Å². The fraction of sp³-hybridized carbons (Fsp3) is 0. The summed E-state index contributed by atoms with van der Waals surface area (Å²) in [5.74, 6) is 1.86. The molecule has 0 spiro atoms. The average molecular weight is 804 g/mol. The summed E-state index contributed by atoms with van der Waals surface area (Å²) in [6.07, 6.45) is 0. The maximum atomic E-state index is 6.71. The number of benzene rings is 10. The van der Waals surface area contributed by atoms with Crippen molar-refractivity contribution >= 4 is 43.5 Å². The van der Waals surface area contributed by atoms with E-state index < -0.39 is 0 Å². The third-order valence-electron chi connectivity index (χ3n) is 12.2. The molecule has 0 aliphatic rings. The van der Waals surface area contributed by atoms with Crippen LogP contribution in [0.3, 0.4) is 0 Å². The van der Waals surface area contributed by atoms with Gasteiger partial charge in [0.2, 0.25) is 0 Å². The minimum absolute atomic E-state index is 0.613. The summed E-state index contributed by atoms with van der Waals surface area (Å²) in [5, 5.41) is 6.86. The summed E-state index contributed by atoms with van der Waals surface area (Å²) < 4.78 is 6.71. The van der Waals surface area contributed by atoms with Gasteiger partial charge < -0.3 is 4.42 Å². The summed E-state index contributed by atoms with van der Waals surface area (Å²) in [5.41, 5.74) is 13.7. The Morgan fingerprint density at radius 1 is 0.270 bits per heavy atom. The van der Waals surface area contributed by atoms with E-state index in [4.69, 9.17) is 19.4 Å². The highest BCUT2D eigenvalue weighted by molar-refractivity contribution is 6.22. The molecule has 63 heavy (non-hydrogen) atoms. The third-order valence-corrected chi connectivity index (χ3v) is 12.2. The van der Waals surface area contributed by atoms with Crippen molar-refractivity contribution in [2.24, 2.45) is 0 Å². The van der Waals surface area contributed by atoms with Crippen LogP contribution >= 0.6 is 0 Å². The third kappa shape index (κ3) is 6.62. The molecule has 2 heterocycles. The molecule has 0 amide bonds. The summed E-state index contributed by atoms with van der Waals surface area (Å²) >= 11 is 0. The first-order valence-electron chi connectivity index (χ1n) is 21.2. The second-order valence-corrected chi connectivity index (χ2v) is 16.0. The van der Waals surface area contributed by atoms with Crippen molar-refractivity contribution in [3.05, 3.63) is 224 Å². The van der Waals surface area contributed by atoms with Gasteiger partial charge in [0, 0.05) is 32.8 Å². The molecule has 0 unspecified atom stereocenters. The number of hydrogen-bond acceptors (Lipinski definition) is 4. The van der Waals surface area contributed by atoms with Gasteiger partial charge in [-0.2, -0.15) is 0 Å². The van der Waals surface area contributed by atoms with Crippen LogP contribution in [-0.2, 0) is 0 Å². The van der Waals surface area contributed by atoms with E-state index in [1.165, 1.54) is 10.8 Å². The van der Waals surface area contributed by atoms with Crippen molar-refractivity contribution in [2.75, 3.05) is 0 Å². The zero-order valence-electron chi connectivity index (χ0n) is 34.1. The summed E-state index contributed by atoms with van der Waals surface area (Å²) in [4.78, 5) is 15.3. The first kappa shape index (κ1) is 36.4. The second kappa shape index (κ2) is 15.2. The van der Waals surface area contributed by atoms with Crippen LogP contribution in [0.4, 0.5) is 0 Å². The van der Waals surface area contributed by atoms with E-state index in [9.17, 15) is 0 Å². The van der Waals surface area contributed by atoms with Gasteiger partial charge in [0.05, 0.1) is 0 Å². The predicted octanol–water partition coefficient (Wildman–Crippen LogP) is 15.7. The molecule has 0 fully saturated rings. The summed E-state index contributed by atoms with van der Waals surface area (Å²) in [7, 11) is 0. The molecule has 12 rings (SSSR count). The standard InChI is InChI=1S/C59H37N3O/c1-3-12-38(13-4-1)41-22-29-44(30-23-41)57-60-58(45-31-24-42(25-32-45)39-14-5-2-6-15-39)62-59(61-57)46-33-27-43(28-34-46)52-37-53-55-49(48-35-26-40-16-7-8-17-47(40)36-48)20-11-21-54(55)63-56(53)51-19-10-9-18-50(51)52/h1-37H. The Morgan fingerprint density at radius 2 is 0.730 bits per heavy atom. The highest BCUT2D eigenvalue weighted by atomic mass is 16.3. The van der Waals surface area contributed by atoms with Crippen LogP contribution in [0.1, 0.15) is 0 Å². The Bertz CT molecular complexity index is 3530. The zero-order chi connectivity index (χ0) is 41.7. The molecular formula is C59H37N3O. The van der Waals surface area contributed by atoms with Crippen LogP contribution < -0.4 is 0 Å². The van der Waals surface area contributed by atoms with Crippen LogP contribution in [0.15, 0.2) is 229 Å². The number of fused-ring (bicyclic) bond motifs is 6. The second-order valence-electron chi connectivity index (χ2n) is 16.0. The lowest BCUT2D eigenvalue weighted by atomic mass is 9.92. The fourth-order valence-electron chi connectivity index (χ4n) is 8.93. The number of rotatable bonds is 7. The Hall–Kier alpha value is -8.47. The molecule has 294 valence electrons. The van der Waals surface area contributed by atoms with Gasteiger partial charge in [0.1, 0.15) is 11.2 Å². The Kier molecular flexibility index (Phi) is 8.79. The molecule has 12 aromatic rings.